The number of carbonyl (C=O) groups excluding carboxylic acids is 1. The van der Waals surface area contributed by atoms with Crippen molar-refractivity contribution in [2.24, 2.45) is 10.2 Å². The molecular formula is C17H13ClN2O. The number of Topliss-reactive ketones (excluding diaryl/α,β-unsaturated/α-hetero) is 1. The molecule has 0 bridgehead atoms. The van der Waals surface area contributed by atoms with E-state index in [9.17, 15) is 4.79 Å². The van der Waals surface area contributed by atoms with Crippen LogP contribution in [-0.2, 0) is 6.42 Å². The highest BCUT2D eigenvalue weighted by Gasteiger charge is 2.54. The summed E-state index contributed by atoms with van der Waals surface area (Å²) in [6.07, 6.45) is 0.638. The number of fused-ring (bicyclic) bond motifs is 1. The van der Waals surface area contributed by atoms with E-state index in [1.807, 2.05) is 48.5 Å². The Morgan fingerprint density at radius 3 is 2.62 bits per heavy atom. The second kappa shape index (κ2) is 4.50. The zero-order valence-corrected chi connectivity index (χ0v) is 12.0. The Labute approximate surface area is 127 Å². The van der Waals surface area contributed by atoms with E-state index >= 15 is 0 Å². The Morgan fingerprint density at radius 1 is 1.10 bits per heavy atom. The lowest BCUT2D eigenvalue weighted by atomic mass is 9.78. The number of azo groups is 1. The van der Waals surface area contributed by atoms with Crippen LogP contribution in [0.2, 0.25) is 5.02 Å². The Kier molecular flexibility index (Phi) is 2.73. The predicted octanol–water partition coefficient (Wildman–Crippen LogP) is 4.07. The molecule has 1 aliphatic heterocycles. The molecule has 2 aliphatic rings. The van der Waals surface area contributed by atoms with Crippen LogP contribution in [0, 0.1) is 0 Å². The Hall–Kier alpha value is -2.00. The minimum atomic E-state index is -0.752. The number of halogens is 1. The van der Waals surface area contributed by atoms with E-state index < -0.39 is 5.54 Å². The third kappa shape index (κ3) is 1.77. The van der Waals surface area contributed by atoms with Crippen LogP contribution in [0.4, 0.5) is 0 Å². The summed E-state index contributed by atoms with van der Waals surface area (Å²) in [5.74, 6) is 0.0916. The standard InChI is InChI=1S/C17H13ClN2O/c18-13-7-5-11(6-8-13)15-10-19-20-17(15)9-12-3-1-2-4-14(12)16(17)21/h1-8,15H,9-10H2/t15-,17-/m1/s1. The van der Waals surface area contributed by atoms with Crippen LogP contribution < -0.4 is 0 Å². The Morgan fingerprint density at radius 2 is 1.86 bits per heavy atom. The van der Waals surface area contributed by atoms with Gasteiger partial charge in [-0.1, -0.05) is 48.0 Å². The van der Waals surface area contributed by atoms with Crippen LogP contribution >= 0.6 is 11.6 Å². The van der Waals surface area contributed by atoms with Gasteiger partial charge in [0.15, 0.2) is 11.3 Å². The molecule has 21 heavy (non-hydrogen) atoms. The number of ketones is 1. The number of hydrogen-bond donors (Lipinski definition) is 0. The molecule has 0 saturated heterocycles. The van der Waals surface area contributed by atoms with E-state index in [1.165, 1.54) is 0 Å². The van der Waals surface area contributed by atoms with E-state index in [0.717, 1.165) is 16.7 Å². The molecule has 0 unspecified atom stereocenters. The first-order valence-electron chi connectivity index (χ1n) is 6.97. The SMILES string of the molecule is O=C1c2ccccc2C[C@]12N=NC[C@@H]2c1ccc(Cl)cc1. The zero-order chi connectivity index (χ0) is 14.4. The molecule has 1 heterocycles. The summed E-state index contributed by atoms with van der Waals surface area (Å²) in [5, 5.41) is 9.28. The number of benzene rings is 2. The largest absolute Gasteiger partial charge is 0.291 e. The molecule has 2 aromatic carbocycles. The van der Waals surface area contributed by atoms with Crippen LogP contribution in [0.3, 0.4) is 0 Å². The second-order valence-corrected chi connectivity index (χ2v) is 6.05. The molecule has 0 aromatic heterocycles. The molecule has 0 saturated carbocycles. The minimum absolute atomic E-state index is 0.00494. The lowest BCUT2D eigenvalue weighted by Crippen LogP contribution is -2.38. The van der Waals surface area contributed by atoms with Crippen molar-refractivity contribution in [2.45, 2.75) is 17.9 Å². The zero-order valence-electron chi connectivity index (χ0n) is 11.3. The van der Waals surface area contributed by atoms with Gasteiger partial charge in [0.2, 0.25) is 0 Å². The summed E-state index contributed by atoms with van der Waals surface area (Å²) < 4.78 is 0. The molecule has 1 spiro atoms. The maximum absolute atomic E-state index is 12.9. The highest BCUT2D eigenvalue weighted by Crippen LogP contribution is 2.46. The molecule has 0 N–H and O–H groups in total. The minimum Gasteiger partial charge on any atom is -0.291 e. The molecular weight excluding hydrogens is 284 g/mol. The van der Waals surface area contributed by atoms with Crippen LogP contribution in [0.15, 0.2) is 58.8 Å². The summed E-state index contributed by atoms with van der Waals surface area (Å²) in [6.45, 7) is 0.557. The highest BCUT2D eigenvalue weighted by molar-refractivity contribution is 6.30. The van der Waals surface area contributed by atoms with E-state index in [4.69, 9.17) is 11.6 Å². The summed E-state index contributed by atoms with van der Waals surface area (Å²) in [6, 6.07) is 15.4. The molecule has 4 heteroatoms. The van der Waals surface area contributed by atoms with Gasteiger partial charge in [-0.3, -0.25) is 4.79 Å². The highest BCUT2D eigenvalue weighted by atomic mass is 35.5. The molecule has 1 aliphatic carbocycles. The van der Waals surface area contributed by atoms with E-state index in [2.05, 4.69) is 10.2 Å². The van der Waals surface area contributed by atoms with E-state index in [-0.39, 0.29) is 11.7 Å². The Bertz CT molecular complexity index is 754. The van der Waals surface area contributed by atoms with Crippen molar-refractivity contribution in [1.82, 2.24) is 0 Å². The normalized spacial score (nSPS) is 26.5. The predicted molar refractivity (Wildman–Crippen MR) is 81.1 cm³/mol. The number of nitrogens with zero attached hydrogens (tertiary/aromatic N) is 2. The summed E-state index contributed by atoms with van der Waals surface area (Å²) in [7, 11) is 0. The number of carbonyl (C=O) groups is 1. The molecule has 2 atom stereocenters. The molecule has 3 nitrogen and oxygen atoms in total. The lowest BCUT2D eigenvalue weighted by molar-refractivity contribution is 0.0897. The lowest BCUT2D eigenvalue weighted by Gasteiger charge is -2.25. The van der Waals surface area contributed by atoms with Gasteiger partial charge in [0.1, 0.15) is 0 Å². The van der Waals surface area contributed by atoms with Gasteiger partial charge in [0, 0.05) is 22.9 Å². The van der Waals surface area contributed by atoms with Crippen molar-refractivity contribution in [3.05, 3.63) is 70.2 Å². The van der Waals surface area contributed by atoms with Crippen molar-refractivity contribution in [3.63, 3.8) is 0 Å². The van der Waals surface area contributed by atoms with Crippen LogP contribution in [-0.4, -0.2) is 17.9 Å². The summed E-state index contributed by atoms with van der Waals surface area (Å²) in [5.41, 5.74) is 2.18. The van der Waals surface area contributed by atoms with Crippen LogP contribution in [0.25, 0.3) is 0 Å². The molecule has 104 valence electrons. The van der Waals surface area contributed by atoms with Gasteiger partial charge in [-0.2, -0.15) is 10.2 Å². The van der Waals surface area contributed by atoms with Crippen molar-refractivity contribution in [1.29, 1.82) is 0 Å². The molecule has 0 fully saturated rings. The molecule has 2 aromatic rings. The third-order valence-electron chi connectivity index (χ3n) is 4.48. The van der Waals surface area contributed by atoms with Crippen molar-refractivity contribution >= 4 is 17.4 Å². The van der Waals surface area contributed by atoms with Gasteiger partial charge in [-0.15, -0.1) is 0 Å². The van der Waals surface area contributed by atoms with E-state index in [0.29, 0.717) is 18.0 Å². The van der Waals surface area contributed by atoms with Gasteiger partial charge in [-0.05, 0) is 23.3 Å². The average molecular weight is 297 g/mol. The first-order valence-corrected chi connectivity index (χ1v) is 7.35. The molecule has 0 amide bonds. The second-order valence-electron chi connectivity index (χ2n) is 5.62. The van der Waals surface area contributed by atoms with Crippen molar-refractivity contribution in [3.8, 4) is 0 Å². The maximum atomic E-state index is 12.9. The number of hydrogen-bond acceptors (Lipinski definition) is 3. The average Bonchev–Trinajstić information content (AvgIpc) is 3.04. The number of rotatable bonds is 1. The summed E-state index contributed by atoms with van der Waals surface area (Å²) in [4.78, 5) is 12.9. The smallest absolute Gasteiger partial charge is 0.193 e. The van der Waals surface area contributed by atoms with E-state index in [1.54, 1.807) is 0 Å². The van der Waals surface area contributed by atoms with Gasteiger partial charge >= 0.3 is 0 Å². The van der Waals surface area contributed by atoms with Crippen LogP contribution in [0.5, 0.6) is 0 Å². The van der Waals surface area contributed by atoms with Crippen molar-refractivity contribution < 1.29 is 4.79 Å². The quantitative estimate of drug-likeness (QED) is 0.782. The molecule has 4 rings (SSSR count). The first kappa shape index (κ1) is 12.7. The van der Waals surface area contributed by atoms with Crippen molar-refractivity contribution in [2.75, 3.05) is 6.54 Å². The maximum Gasteiger partial charge on any atom is 0.193 e. The fourth-order valence-electron chi connectivity index (χ4n) is 3.41. The Balaban J connectivity index is 1.79. The van der Waals surface area contributed by atoms with Gasteiger partial charge in [0.05, 0.1) is 6.54 Å². The molecule has 0 radical (unpaired) electrons. The first-order chi connectivity index (χ1) is 10.2. The monoisotopic (exact) mass is 296 g/mol. The topological polar surface area (TPSA) is 41.8 Å². The fourth-order valence-corrected chi connectivity index (χ4v) is 3.53. The van der Waals surface area contributed by atoms with Gasteiger partial charge < -0.3 is 0 Å². The van der Waals surface area contributed by atoms with Gasteiger partial charge in [-0.25, -0.2) is 0 Å². The van der Waals surface area contributed by atoms with Crippen LogP contribution in [0.1, 0.15) is 27.4 Å². The third-order valence-corrected chi connectivity index (χ3v) is 4.73. The van der Waals surface area contributed by atoms with Gasteiger partial charge in [0.25, 0.3) is 0 Å². The fraction of sp³-hybridized carbons (Fsp3) is 0.235. The summed E-state index contributed by atoms with van der Waals surface area (Å²) >= 11 is 5.96.